The van der Waals surface area contributed by atoms with E-state index in [0.717, 1.165) is 17.3 Å². The maximum Gasteiger partial charge on any atom is 0.103 e. The summed E-state index contributed by atoms with van der Waals surface area (Å²) < 4.78 is 17.1. The van der Waals surface area contributed by atoms with Gasteiger partial charge in [-0.05, 0) is 49.8 Å². The van der Waals surface area contributed by atoms with E-state index in [1.54, 1.807) is 6.26 Å². The Morgan fingerprint density at radius 1 is 1.47 bits per heavy atom. The van der Waals surface area contributed by atoms with Crippen molar-refractivity contribution in [3.8, 4) is 0 Å². The molecule has 0 aliphatic heterocycles. The zero-order valence-corrected chi connectivity index (χ0v) is 12.0. The normalized spacial score (nSPS) is 15.7. The first-order valence-electron chi connectivity index (χ1n) is 6.68. The van der Waals surface area contributed by atoms with Gasteiger partial charge < -0.3 is 9.17 Å². The van der Waals surface area contributed by atoms with E-state index < -0.39 is 0 Å². The number of nitrogens with one attached hydrogen (secondary N) is 1. The quantitative estimate of drug-likeness (QED) is 0.423. The van der Waals surface area contributed by atoms with Crippen molar-refractivity contribution in [1.29, 1.82) is 0 Å². The van der Waals surface area contributed by atoms with Crippen molar-refractivity contribution in [3.63, 3.8) is 0 Å². The average Bonchev–Trinajstić information content (AvgIpc) is 3.15. The number of rotatable bonds is 8. The molecule has 0 atom stereocenters. The molecule has 0 aromatic carbocycles. The van der Waals surface area contributed by atoms with Gasteiger partial charge in [0.25, 0.3) is 0 Å². The Morgan fingerprint density at radius 2 is 2.32 bits per heavy atom. The predicted molar refractivity (Wildman–Crippen MR) is 80.5 cm³/mol. The standard InChI is InChI=1S/C15H20FNOS/c1-12-11-14(6-5-13-3-4-13)15(17-12)7-9-18-19-10-2-8-16/h5-7,9,11,13,17H,2-4,8,10H2,1H3/b6-5+,9-7+. The van der Waals surface area contributed by atoms with E-state index in [9.17, 15) is 4.39 Å². The Hall–Kier alpha value is -1.16. The second-order valence-electron chi connectivity index (χ2n) is 4.78. The highest BCUT2D eigenvalue weighted by Crippen LogP contribution is 2.31. The zero-order chi connectivity index (χ0) is 13.5. The van der Waals surface area contributed by atoms with E-state index >= 15 is 0 Å². The van der Waals surface area contributed by atoms with Crippen LogP contribution in [-0.2, 0) is 4.18 Å². The fraction of sp³-hybridized carbons (Fsp3) is 0.467. The first kappa shape index (κ1) is 14.3. The molecule has 19 heavy (non-hydrogen) atoms. The summed E-state index contributed by atoms with van der Waals surface area (Å²) in [6.45, 7) is 1.76. The minimum atomic E-state index is -0.286. The predicted octanol–water partition coefficient (Wildman–Crippen LogP) is 4.74. The van der Waals surface area contributed by atoms with Gasteiger partial charge in [0.15, 0.2) is 0 Å². The molecule has 0 amide bonds. The minimum Gasteiger partial charge on any atom is -0.433 e. The van der Waals surface area contributed by atoms with Crippen LogP contribution in [0.15, 0.2) is 18.4 Å². The summed E-state index contributed by atoms with van der Waals surface area (Å²) >= 11 is 1.28. The van der Waals surface area contributed by atoms with Crippen molar-refractivity contribution in [1.82, 2.24) is 4.98 Å². The van der Waals surface area contributed by atoms with Gasteiger partial charge in [-0.15, -0.1) is 0 Å². The van der Waals surface area contributed by atoms with Crippen LogP contribution < -0.4 is 0 Å². The highest BCUT2D eigenvalue weighted by atomic mass is 32.2. The van der Waals surface area contributed by atoms with Gasteiger partial charge in [-0.1, -0.05) is 12.2 Å². The van der Waals surface area contributed by atoms with E-state index in [0.29, 0.717) is 12.2 Å². The number of aryl methyl sites for hydroxylation is 1. The monoisotopic (exact) mass is 281 g/mol. The Kier molecular flexibility index (Phi) is 5.58. The Morgan fingerprint density at radius 3 is 3.05 bits per heavy atom. The van der Waals surface area contributed by atoms with Gasteiger partial charge in [-0.25, -0.2) is 0 Å². The summed E-state index contributed by atoms with van der Waals surface area (Å²) in [5, 5.41) is 0. The van der Waals surface area contributed by atoms with Crippen molar-refractivity contribution in [2.24, 2.45) is 5.92 Å². The Balaban J connectivity index is 1.85. The van der Waals surface area contributed by atoms with Crippen LogP contribution in [0.1, 0.15) is 36.2 Å². The van der Waals surface area contributed by atoms with E-state index in [1.165, 1.54) is 30.4 Å². The third-order valence-corrected chi connectivity index (χ3v) is 3.61. The third kappa shape index (κ3) is 5.15. The second kappa shape index (κ2) is 7.43. The molecule has 1 N–H and O–H groups in total. The molecule has 1 aromatic heterocycles. The fourth-order valence-corrected chi connectivity index (χ4v) is 2.19. The van der Waals surface area contributed by atoms with Crippen LogP contribution in [0.25, 0.3) is 12.2 Å². The smallest absolute Gasteiger partial charge is 0.103 e. The van der Waals surface area contributed by atoms with E-state index in [4.69, 9.17) is 4.18 Å². The molecule has 0 bridgehead atoms. The van der Waals surface area contributed by atoms with Gasteiger partial charge in [0, 0.05) is 17.1 Å². The summed E-state index contributed by atoms with van der Waals surface area (Å²) in [5.74, 6) is 1.46. The summed E-state index contributed by atoms with van der Waals surface area (Å²) in [5.41, 5.74) is 3.39. The SMILES string of the molecule is Cc1cc(/C=C/C2CC2)c(/C=C/OSCCCF)[nH]1. The lowest BCUT2D eigenvalue weighted by Crippen LogP contribution is -1.81. The maximum atomic E-state index is 11.9. The number of aromatic amines is 1. The molecule has 0 saturated heterocycles. The van der Waals surface area contributed by atoms with Gasteiger partial charge in [-0.2, -0.15) is 0 Å². The molecule has 1 aromatic rings. The lowest BCUT2D eigenvalue weighted by Gasteiger charge is -1.96. The van der Waals surface area contributed by atoms with Crippen LogP contribution in [0.4, 0.5) is 4.39 Å². The van der Waals surface area contributed by atoms with E-state index in [2.05, 4.69) is 23.2 Å². The van der Waals surface area contributed by atoms with E-state index in [1.807, 2.05) is 13.0 Å². The highest BCUT2D eigenvalue weighted by Gasteiger charge is 2.17. The highest BCUT2D eigenvalue weighted by molar-refractivity contribution is 7.94. The summed E-state index contributed by atoms with van der Waals surface area (Å²) in [6, 6.07) is 2.13. The fourth-order valence-electron chi connectivity index (χ4n) is 1.73. The van der Waals surface area contributed by atoms with E-state index in [-0.39, 0.29) is 6.67 Å². The number of halogens is 1. The number of H-pyrrole nitrogens is 1. The van der Waals surface area contributed by atoms with Crippen molar-refractivity contribution >= 4 is 24.2 Å². The van der Waals surface area contributed by atoms with Gasteiger partial charge in [0.05, 0.1) is 18.7 Å². The largest absolute Gasteiger partial charge is 0.433 e. The molecule has 1 aliphatic carbocycles. The van der Waals surface area contributed by atoms with Crippen LogP contribution in [0.5, 0.6) is 0 Å². The van der Waals surface area contributed by atoms with Crippen molar-refractivity contribution in [3.05, 3.63) is 35.4 Å². The molecular weight excluding hydrogens is 261 g/mol. The van der Waals surface area contributed by atoms with Gasteiger partial charge >= 0.3 is 0 Å². The number of aromatic nitrogens is 1. The summed E-state index contributed by atoms with van der Waals surface area (Å²) in [7, 11) is 0. The molecule has 0 radical (unpaired) electrons. The van der Waals surface area contributed by atoms with Gasteiger partial charge in [0.2, 0.25) is 0 Å². The molecule has 1 heterocycles. The van der Waals surface area contributed by atoms with Crippen LogP contribution in [-0.4, -0.2) is 17.4 Å². The average molecular weight is 281 g/mol. The number of hydrogen-bond acceptors (Lipinski definition) is 2. The molecule has 0 spiro atoms. The number of allylic oxidation sites excluding steroid dienone is 1. The van der Waals surface area contributed by atoms with Crippen LogP contribution in [0, 0.1) is 12.8 Å². The maximum absolute atomic E-state index is 11.9. The molecule has 0 unspecified atom stereocenters. The molecule has 2 nitrogen and oxygen atoms in total. The zero-order valence-electron chi connectivity index (χ0n) is 11.2. The molecule has 1 aliphatic rings. The number of hydrogen-bond donors (Lipinski definition) is 1. The molecule has 1 fully saturated rings. The minimum absolute atomic E-state index is 0.286. The first-order valence-corrected chi connectivity index (χ1v) is 7.59. The Labute approximate surface area is 118 Å². The third-order valence-electron chi connectivity index (χ3n) is 2.90. The first-order chi connectivity index (χ1) is 9.29. The van der Waals surface area contributed by atoms with Crippen molar-refractivity contribution in [2.75, 3.05) is 12.4 Å². The van der Waals surface area contributed by atoms with Gasteiger partial charge in [-0.3, -0.25) is 4.39 Å². The van der Waals surface area contributed by atoms with Crippen LogP contribution in [0.2, 0.25) is 0 Å². The summed E-state index contributed by atoms with van der Waals surface area (Å²) in [6.07, 6.45) is 11.2. The van der Waals surface area contributed by atoms with Crippen LogP contribution in [0.3, 0.4) is 0 Å². The molecule has 1 saturated carbocycles. The second-order valence-corrected chi connectivity index (χ2v) is 5.62. The number of alkyl halides is 1. The topological polar surface area (TPSA) is 25.0 Å². The van der Waals surface area contributed by atoms with Crippen molar-refractivity contribution in [2.45, 2.75) is 26.2 Å². The van der Waals surface area contributed by atoms with Crippen molar-refractivity contribution < 1.29 is 8.57 Å². The Bertz CT molecular complexity index is 449. The molecular formula is C15H20FNOS. The van der Waals surface area contributed by atoms with Crippen LogP contribution >= 0.6 is 12.0 Å². The molecule has 2 rings (SSSR count). The summed E-state index contributed by atoms with van der Waals surface area (Å²) in [4.78, 5) is 3.30. The molecule has 4 heteroatoms. The lowest BCUT2D eigenvalue weighted by atomic mass is 10.2. The van der Waals surface area contributed by atoms with Gasteiger partial charge in [0.1, 0.15) is 6.26 Å². The molecule has 104 valence electrons. The lowest BCUT2D eigenvalue weighted by molar-refractivity contribution is 0.485.